The van der Waals surface area contributed by atoms with Crippen LogP contribution in [0, 0.1) is 11.7 Å². The fourth-order valence-electron chi connectivity index (χ4n) is 4.22. The number of likely N-dealkylation sites (tertiary alicyclic amines) is 1. The van der Waals surface area contributed by atoms with Crippen LogP contribution >= 0.6 is 0 Å². The number of para-hydroxylation sites is 1. The van der Waals surface area contributed by atoms with Gasteiger partial charge in [0, 0.05) is 25.1 Å². The number of ether oxygens (including phenoxy) is 1. The molecule has 142 valence electrons. The van der Waals surface area contributed by atoms with Crippen molar-refractivity contribution >= 4 is 5.91 Å². The largest absolute Gasteiger partial charge is 0.508 e. The van der Waals surface area contributed by atoms with E-state index in [1.807, 2.05) is 12.1 Å². The summed E-state index contributed by atoms with van der Waals surface area (Å²) in [5.41, 5.74) is 7.85. The summed E-state index contributed by atoms with van der Waals surface area (Å²) in [4.78, 5) is 14.8. The lowest BCUT2D eigenvalue weighted by atomic mass is 9.83. The Morgan fingerprint density at radius 2 is 1.81 bits per heavy atom. The maximum Gasteiger partial charge on any atom is 0.242 e. The second kappa shape index (κ2) is 7.26. The first-order chi connectivity index (χ1) is 13.1. The summed E-state index contributed by atoms with van der Waals surface area (Å²) in [5.74, 6) is -0.328. The molecule has 2 aliphatic rings. The first-order valence-electron chi connectivity index (χ1n) is 8.95. The zero-order valence-electron chi connectivity index (χ0n) is 14.9. The van der Waals surface area contributed by atoms with Gasteiger partial charge in [-0.2, -0.15) is 0 Å². The van der Waals surface area contributed by atoms with Gasteiger partial charge in [0.25, 0.3) is 0 Å². The predicted molar refractivity (Wildman–Crippen MR) is 97.1 cm³/mol. The number of carbonyl (C=O) groups excluding carboxylic acids is 1. The molecule has 4 atom stereocenters. The van der Waals surface area contributed by atoms with Crippen LogP contribution in [-0.4, -0.2) is 42.2 Å². The average molecular weight is 371 g/mol. The first-order valence-corrected chi connectivity index (χ1v) is 8.95. The maximum absolute atomic E-state index is 13.5. The van der Waals surface area contributed by atoms with Crippen molar-refractivity contribution in [1.29, 1.82) is 0 Å². The number of methoxy groups -OCH3 is 1. The summed E-state index contributed by atoms with van der Waals surface area (Å²) in [6.07, 6.45) is 0. The highest BCUT2D eigenvalue weighted by Crippen LogP contribution is 2.48. The van der Waals surface area contributed by atoms with E-state index >= 15 is 0 Å². The van der Waals surface area contributed by atoms with Gasteiger partial charge in [0.15, 0.2) is 0 Å². The van der Waals surface area contributed by atoms with Gasteiger partial charge in [0.2, 0.25) is 5.91 Å². The van der Waals surface area contributed by atoms with E-state index in [0.29, 0.717) is 13.2 Å². The van der Waals surface area contributed by atoms with Crippen LogP contribution in [0.25, 0.3) is 0 Å². The van der Waals surface area contributed by atoms with Gasteiger partial charge in [-0.1, -0.05) is 30.3 Å². The number of amides is 1. The molecule has 0 bridgehead atoms. The Bertz CT molecular complexity index is 829. The number of nitrogens with zero attached hydrogens (tertiary/aromatic N) is 1. The lowest BCUT2D eigenvalue weighted by Crippen LogP contribution is -2.42. The number of hydrogen-bond acceptors (Lipinski definition) is 5. The Morgan fingerprint density at radius 1 is 1.11 bits per heavy atom. The first kappa shape index (κ1) is 17.9. The normalized spacial score (nSPS) is 27.2. The van der Waals surface area contributed by atoms with Gasteiger partial charge in [-0.3, -0.25) is 4.79 Å². The van der Waals surface area contributed by atoms with Crippen molar-refractivity contribution in [2.45, 2.75) is 18.1 Å². The van der Waals surface area contributed by atoms with E-state index in [9.17, 15) is 14.3 Å². The van der Waals surface area contributed by atoms with Crippen LogP contribution in [0.5, 0.6) is 5.75 Å². The van der Waals surface area contributed by atoms with Gasteiger partial charge >= 0.3 is 0 Å². The van der Waals surface area contributed by atoms with Crippen molar-refractivity contribution in [2.75, 3.05) is 20.3 Å². The third-order valence-corrected chi connectivity index (χ3v) is 5.43. The lowest BCUT2D eigenvalue weighted by molar-refractivity contribution is -0.131. The molecule has 0 aliphatic carbocycles. The number of hydrogen-bond donors (Lipinski definition) is 3. The maximum atomic E-state index is 13.5. The Hall–Kier alpha value is -2.48. The summed E-state index contributed by atoms with van der Waals surface area (Å²) in [6, 6.07) is 12.4. The highest BCUT2D eigenvalue weighted by Gasteiger charge is 2.55. The number of phenols is 1. The molecule has 2 aliphatic heterocycles. The van der Waals surface area contributed by atoms with Crippen molar-refractivity contribution in [3.63, 3.8) is 0 Å². The molecule has 0 radical (unpaired) electrons. The smallest absolute Gasteiger partial charge is 0.242 e. The topological polar surface area (TPSA) is 73.8 Å². The fourth-order valence-corrected chi connectivity index (χ4v) is 4.22. The molecular weight excluding hydrogens is 349 g/mol. The third kappa shape index (κ3) is 3.07. The molecule has 7 heteroatoms. The highest BCUT2D eigenvalue weighted by atomic mass is 19.1. The molecule has 4 unspecified atom stereocenters. The molecule has 2 saturated heterocycles. The van der Waals surface area contributed by atoms with Crippen LogP contribution in [0.3, 0.4) is 0 Å². The van der Waals surface area contributed by atoms with Crippen LogP contribution in [-0.2, 0) is 9.53 Å². The van der Waals surface area contributed by atoms with E-state index in [-0.39, 0.29) is 35.5 Å². The molecular formula is C20H22FN3O3. The SMILES string of the molecule is COCCN1C(=O)C2NNC(c3ccccc3O)C2C1c1ccc(F)cc1. The minimum atomic E-state index is -0.429. The Balaban J connectivity index is 1.76. The molecule has 6 nitrogen and oxygen atoms in total. The van der Waals surface area contributed by atoms with Crippen molar-refractivity contribution in [3.8, 4) is 5.75 Å². The second-order valence-corrected chi connectivity index (χ2v) is 6.90. The average Bonchev–Trinajstić information content (AvgIpc) is 3.21. The number of hydrazine groups is 1. The van der Waals surface area contributed by atoms with E-state index in [0.717, 1.165) is 11.1 Å². The number of rotatable bonds is 5. The summed E-state index contributed by atoms with van der Waals surface area (Å²) >= 11 is 0. The van der Waals surface area contributed by atoms with Crippen molar-refractivity contribution in [3.05, 3.63) is 65.5 Å². The molecule has 2 fully saturated rings. The Morgan fingerprint density at radius 3 is 2.52 bits per heavy atom. The van der Waals surface area contributed by atoms with Crippen LogP contribution in [0.2, 0.25) is 0 Å². The molecule has 2 aromatic rings. The molecule has 1 amide bonds. The van der Waals surface area contributed by atoms with E-state index in [2.05, 4.69) is 10.9 Å². The standard InChI is InChI=1S/C20H22FN3O3/c1-27-11-10-24-19(12-6-8-13(21)9-7-12)16-17(22-23-18(16)20(24)26)14-4-2-3-5-15(14)25/h2-9,16-19,22-23,25H,10-11H2,1H3. The molecule has 2 aromatic carbocycles. The number of carbonyl (C=O) groups is 1. The minimum Gasteiger partial charge on any atom is -0.508 e. The van der Waals surface area contributed by atoms with Gasteiger partial charge in [0.1, 0.15) is 17.6 Å². The fraction of sp³-hybridized carbons (Fsp3) is 0.350. The van der Waals surface area contributed by atoms with E-state index in [1.54, 1.807) is 36.3 Å². The molecule has 4 rings (SSSR count). The summed E-state index contributed by atoms with van der Waals surface area (Å²) in [6.45, 7) is 0.858. The van der Waals surface area contributed by atoms with Gasteiger partial charge in [-0.15, -0.1) is 0 Å². The molecule has 27 heavy (non-hydrogen) atoms. The Kier molecular flexibility index (Phi) is 4.82. The third-order valence-electron chi connectivity index (χ3n) is 5.43. The zero-order valence-corrected chi connectivity index (χ0v) is 14.9. The number of aromatic hydroxyl groups is 1. The number of benzene rings is 2. The molecule has 3 N–H and O–H groups in total. The Labute approximate surface area is 156 Å². The zero-order chi connectivity index (χ0) is 19.0. The van der Waals surface area contributed by atoms with Crippen LogP contribution in [0.1, 0.15) is 23.2 Å². The van der Waals surface area contributed by atoms with Gasteiger partial charge in [0.05, 0.1) is 18.7 Å². The van der Waals surface area contributed by atoms with E-state index in [1.165, 1.54) is 12.1 Å². The van der Waals surface area contributed by atoms with Gasteiger partial charge in [-0.25, -0.2) is 15.2 Å². The molecule has 0 aromatic heterocycles. The quantitative estimate of drug-likeness (QED) is 0.749. The van der Waals surface area contributed by atoms with Crippen LogP contribution in [0.4, 0.5) is 4.39 Å². The van der Waals surface area contributed by atoms with Crippen molar-refractivity contribution in [2.24, 2.45) is 5.92 Å². The van der Waals surface area contributed by atoms with Crippen LogP contribution < -0.4 is 10.9 Å². The van der Waals surface area contributed by atoms with Gasteiger partial charge in [-0.05, 0) is 23.8 Å². The number of phenolic OH excluding ortho intramolecular Hbond substituents is 1. The second-order valence-electron chi connectivity index (χ2n) is 6.90. The monoisotopic (exact) mass is 371 g/mol. The predicted octanol–water partition coefficient (Wildman–Crippen LogP) is 1.89. The van der Waals surface area contributed by atoms with Gasteiger partial charge < -0.3 is 14.7 Å². The molecule has 0 spiro atoms. The molecule has 2 heterocycles. The summed E-state index contributed by atoms with van der Waals surface area (Å²) in [7, 11) is 1.60. The van der Waals surface area contributed by atoms with Crippen molar-refractivity contribution in [1.82, 2.24) is 15.8 Å². The highest BCUT2D eigenvalue weighted by molar-refractivity contribution is 5.86. The lowest BCUT2D eigenvalue weighted by Gasteiger charge is -2.31. The number of fused-ring (bicyclic) bond motifs is 1. The van der Waals surface area contributed by atoms with E-state index < -0.39 is 6.04 Å². The number of nitrogens with one attached hydrogen (secondary N) is 2. The summed E-state index contributed by atoms with van der Waals surface area (Å²) < 4.78 is 18.6. The minimum absolute atomic E-state index is 0.0307. The molecule has 0 saturated carbocycles. The van der Waals surface area contributed by atoms with E-state index in [4.69, 9.17) is 4.74 Å². The van der Waals surface area contributed by atoms with Crippen molar-refractivity contribution < 1.29 is 19.0 Å². The van der Waals surface area contributed by atoms with Crippen LogP contribution in [0.15, 0.2) is 48.5 Å². The number of halogens is 1. The summed E-state index contributed by atoms with van der Waals surface area (Å²) in [5, 5.41) is 10.3.